The highest BCUT2D eigenvalue weighted by molar-refractivity contribution is 6.10. The minimum Gasteiger partial charge on any atom is -0.309 e. The van der Waals surface area contributed by atoms with Crippen LogP contribution in [-0.4, -0.2) is 19.5 Å². The Kier molecular flexibility index (Phi) is 8.92. The molecule has 9 rings (SSSR count). The average molecular weight is 777 g/mol. The quantitative estimate of drug-likeness (QED) is 0.158. The summed E-state index contributed by atoms with van der Waals surface area (Å²) >= 11 is 0. The maximum Gasteiger partial charge on any atom is 0.417 e. The molecule has 0 saturated heterocycles. The molecule has 9 aromatic rings. The van der Waals surface area contributed by atoms with E-state index in [0.717, 1.165) is 44.6 Å². The Balaban J connectivity index is 1.36. The smallest absolute Gasteiger partial charge is 0.309 e. The largest absolute Gasteiger partial charge is 0.417 e. The van der Waals surface area contributed by atoms with Crippen LogP contribution in [0.4, 0.5) is 26.3 Å². The number of para-hydroxylation sites is 1. The molecular formula is C48H30F6N4. The molecular weight excluding hydrogens is 747 g/mol. The Hall–Kier alpha value is -7.07. The normalized spacial score (nSPS) is 12.1. The molecule has 0 aliphatic carbocycles. The second-order valence-corrected chi connectivity index (χ2v) is 13.9. The summed E-state index contributed by atoms with van der Waals surface area (Å²) in [6.45, 7) is 2.04. The summed E-state index contributed by atoms with van der Waals surface area (Å²) in [7, 11) is 0. The van der Waals surface area contributed by atoms with Gasteiger partial charge in [-0.05, 0) is 71.1 Å². The number of benzene rings is 7. The Bertz CT molecular complexity index is 2930. The first-order valence-electron chi connectivity index (χ1n) is 18.3. The number of alkyl halides is 6. The molecule has 0 aliphatic heterocycles. The van der Waals surface area contributed by atoms with Crippen LogP contribution in [0.15, 0.2) is 164 Å². The molecule has 0 unspecified atom stereocenters. The standard InChI is InChI=1S/C48H30F6N4/c1-29-12-8-9-17-35(29)32-20-23-39-38-18-10-11-19-42(38)58(43(39)26-32)34-22-25-36(37-24-21-33(47(49,50)51)27-41(37)48(52,53)54)40(28-34)46-56-44(30-13-4-2-5-14-30)55-45(57-46)31-15-6-3-7-16-31/h2-28H,1H3. The van der Waals surface area contributed by atoms with Crippen LogP contribution in [0, 0.1) is 6.92 Å². The molecule has 0 saturated carbocycles. The van der Waals surface area contributed by atoms with Crippen LogP contribution < -0.4 is 0 Å². The van der Waals surface area contributed by atoms with Crippen LogP contribution in [0.5, 0.6) is 0 Å². The van der Waals surface area contributed by atoms with Gasteiger partial charge in [-0.3, -0.25) is 0 Å². The van der Waals surface area contributed by atoms with Crippen LogP contribution in [0.1, 0.15) is 16.7 Å². The molecule has 284 valence electrons. The molecule has 2 aromatic heterocycles. The third-order valence-electron chi connectivity index (χ3n) is 10.3. The van der Waals surface area contributed by atoms with Crippen molar-refractivity contribution < 1.29 is 26.3 Å². The lowest BCUT2D eigenvalue weighted by molar-refractivity contribution is -0.142. The number of hydrogen-bond acceptors (Lipinski definition) is 3. The molecule has 0 atom stereocenters. The van der Waals surface area contributed by atoms with Crippen molar-refractivity contribution in [3.05, 3.63) is 180 Å². The van der Waals surface area contributed by atoms with E-state index in [1.165, 1.54) is 6.07 Å². The molecule has 10 heteroatoms. The monoisotopic (exact) mass is 776 g/mol. The maximum absolute atomic E-state index is 14.9. The van der Waals surface area contributed by atoms with Gasteiger partial charge in [0.15, 0.2) is 17.5 Å². The predicted molar refractivity (Wildman–Crippen MR) is 216 cm³/mol. The van der Waals surface area contributed by atoms with Gasteiger partial charge >= 0.3 is 12.4 Å². The minimum absolute atomic E-state index is 0.00427. The summed E-state index contributed by atoms with van der Waals surface area (Å²) in [5.41, 5.74) is 3.52. The zero-order valence-corrected chi connectivity index (χ0v) is 30.6. The Morgan fingerprint density at radius 1 is 0.414 bits per heavy atom. The molecule has 4 nitrogen and oxygen atoms in total. The van der Waals surface area contributed by atoms with E-state index in [2.05, 4.69) is 18.2 Å². The van der Waals surface area contributed by atoms with Gasteiger partial charge in [0.05, 0.1) is 22.2 Å². The zero-order chi connectivity index (χ0) is 40.2. The molecule has 0 amide bonds. The second-order valence-electron chi connectivity index (χ2n) is 13.9. The Morgan fingerprint density at radius 2 is 1.00 bits per heavy atom. The number of aromatic nitrogens is 4. The van der Waals surface area contributed by atoms with Crippen molar-refractivity contribution in [3.8, 4) is 62.1 Å². The lowest BCUT2D eigenvalue weighted by Gasteiger charge is -2.19. The first-order chi connectivity index (χ1) is 27.9. The number of rotatable bonds is 6. The third-order valence-corrected chi connectivity index (χ3v) is 10.3. The molecule has 7 aromatic carbocycles. The van der Waals surface area contributed by atoms with Gasteiger partial charge in [-0.2, -0.15) is 26.3 Å². The molecule has 58 heavy (non-hydrogen) atoms. The van der Waals surface area contributed by atoms with Gasteiger partial charge in [0.2, 0.25) is 0 Å². The van der Waals surface area contributed by atoms with Crippen molar-refractivity contribution >= 4 is 21.8 Å². The highest BCUT2D eigenvalue weighted by atomic mass is 19.4. The van der Waals surface area contributed by atoms with Crippen molar-refractivity contribution in [2.45, 2.75) is 19.3 Å². The molecule has 0 spiro atoms. The van der Waals surface area contributed by atoms with Gasteiger partial charge in [-0.15, -0.1) is 0 Å². The number of aryl methyl sites for hydroxylation is 1. The van der Waals surface area contributed by atoms with Crippen LogP contribution in [0.2, 0.25) is 0 Å². The fourth-order valence-corrected chi connectivity index (χ4v) is 7.52. The van der Waals surface area contributed by atoms with Crippen LogP contribution in [0.25, 0.3) is 83.9 Å². The van der Waals surface area contributed by atoms with E-state index in [0.29, 0.717) is 22.9 Å². The molecule has 0 fully saturated rings. The van der Waals surface area contributed by atoms with Gasteiger partial charge in [-0.1, -0.05) is 127 Å². The van der Waals surface area contributed by atoms with Crippen LogP contribution in [-0.2, 0) is 12.4 Å². The van der Waals surface area contributed by atoms with Gasteiger partial charge in [0.25, 0.3) is 0 Å². The van der Waals surface area contributed by atoms with Gasteiger partial charge in [0.1, 0.15) is 0 Å². The topological polar surface area (TPSA) is 43.6 Å². The maximum atomic E-state index is 14.9. The minimum atomic E-state index is -5.13. The summed E-state index contributed by atoms with van der Waals surface area (Å²) in [5, 5.41) is 1.91. The van der Waals surface area contributed by atoms with Crippen molar-refractivity contribution in [1.29, 1.82) is 0 Å². The molecule has 0 bridgehead atoms. The van der Waals surface area contributed by atoms with Crippen molar-refractivity contribution in [3.63, 3.8) is 0 Å². The van der Waals surface area contributed by atoms with E-state index in [1.54, 1.807) is 12.1 Å². The van der Waals surface area contributed by atoms with Crippen molar-refractivity contribution in [2.75, 3.05) is 0 Å². The van der Waals surface area contributed by atoms with Crippen molar-refractivity contribution in [2.24, 2.45) is 0 Å². The fourth-order valence-electron chi connectivity index (χ4n) is 7.52. The van der Waals surface area contributed by atoms with E-state index >= 15 is 0 Å². The van der Waals surface area contributed by atoms with E-state index in [-0.39, 0.29) is 34.7 Å². The van der Waals surface area contributed by atoms with Crippen molar-refractivity contribution in [1.82, 2.24) is 19.5 Å². The van der Waals surface area contributed by atoms with E-state index in [9.17, 15) is 26.3 Å². The van der Waals surface area contributed by atoms with Crippen LogP contribution in [0.3, 0.4) is 0 Å². The zero-order valence-electron chi connectivity index (χ0n) is 30.6. The highest BCUT2D eigenvalue weighted by Crippen LogP contribution is 2.45. The average Bonchev–Trinajstić information content (AvgIpc) is 3.57. The molecule has 0 radical (unpaired) electrons. The lowest BCUT2D eigenvalue weighted by atomic mass is 9.92. The van der Waals surface area contributed by atoms with E-state index < -0.39 is 29.0 Å². The third kappa shape index (κ3) is 6.66. The first-order valence-corrected chi connectivity index (χ1v) is 18.3. The van der Waals surface area contributed by atoms with Crippen LogP contribution >= 0.6 is 0 Å². The van der Waals surface area contributed by atoms with Gasteiger partial charge in [-0.25, -0.2) is 15.0 Å². The van der Waals surface area contributed by atoms with Gasteiger partial charge < -0.3 is 4.57 Å². The number of hydrogen-bond donors (Lipinski definition) is 0. The summed E-state index contributed by atoms with van der Waals surface area (Å²) in [4.78, 5) is 14.5. The summed E-state index contributed by atoms with van der Waals surface area (Å²) in [6.07, 6.45) is -10.1. The van der Waals surface area contributed by atoms with E-state index in [4.69, 9.17) is 15.0 Å². The molecule has 0 aliphatic rings. The van der Waals surface area contributed by atoms with E-state index in [1.807, 2.05) is 121 Å². The summed E-state index contributed by atoms with van der Waals surface area (Å²) < 4.78 is 88.2. The first kappa shape index (κ1) is 36.6. The Morgan fingerprint density at radius 3 is 1.66 bits per heavy atom. The lowest BCUT2D eigenvalue weighted by Crippen LogP contribution is -2.12. The predicted octanol–water partition coefficient (Wildman–Crippen LogP) is 13.6. The number of fused-ring (bicyclic) bond motifs is 3. The SMILES string of the molecule is Cc1ccccc1-c1ccc2c3ccccc3n(-c3ccc(-c4ccc(C(F)(F)F)cc4C(F)(F)F)c(-c4nc(-c5ccccc5)nc(-c5ccccc5)n4)c3)c2c1. The highest BCUT2D eigenvalue weighted by Gasteiger charge is 2.39. The Labute approximate surface area is 328 Å². The molecule has 2 heterocycles. The fraction of sp³-hybridized carbons (Fsp3) is 0.0625. The number of nitrogens with zero attached hydrogens (tertiary/aromatic N) is 4. The summed E-state index contributed by atoms with van der Waals surface area (Å²) in [5.74, 6) is 0.576. The summed E-state index contributed by atoms with van der Waals surface area (Å²) in [6, 6.07) is 46.9. The number of halogens is 6. The molecule has 0 N–H and O–H groups in total. The second kappa shape index (κ2) is 14.1. The van der Waals surface area contributed by atoms with Gasteiger partial charge in [0, 0.05) is 33.2 Å².